The van der Waals surface area contributed by atoms with Crippen LogP contribution in [0.4, 0.5) is 14.5 Å². The van der Waals surface area contributed by atoms with Gasteiger partial charge in [-0.1, -0.05) is 11.8 Å². The molecule has 1 heterocycles. The van der Waals surface area contributed by atoms with Crippen LogP contribution in [0.5, 0.6) is 0 Å². The first-order valence-electron chi connectivity index (χ1n) is 5.40. The molecule has 0 unspecified atom stereocenters. The first kappa shape index (κ1) is 12.4. The molecule has 0 bridgehead atoms. The number of rotatable bonds is 2. The predicted octanol–water partition coefficient (Wildman–Crippen LogP) is 4.31. The van der Waals surface area contributed by atoms with Gasteiger partial charge >= 0.3 is 0 Å². The van der Waals surface area contributed by atoms with Gasteiger partial charge in [-0.25, -0.2) is 13.8 Å². The third kappa shape index (κ3) is 2.29. The molecule has 2 N–H and O–H groups in total. The fourth-order valence-electron chi connectivity index (χ4n) is 1.70. The Morgan fingerprint density at radius 3 is 2.68 bits per heavy atom. The summed E-state index contributed by atoms with van der Waals surface area (Å²) in [5.74, 6) is -1.19. The number of benzene rings is 2. The molecule has 3 aromatic rings. The minimum absolute atomic E-state index is 0.336. The summed E-state index contributed by atoms with van der Waals surface area (Å²) >= 11 is 2.66. The lowest BCUT2D eigenvalue weighted by atomic mass is 10.3. The average molecular weight is 294 g/mol. The van der Waals surface area contributed by atoms with Crippen LogP contribution >= 0.6 is 23.1 Å². The van der Waals surface area contributed by atoms with E-state index in [4.69, 9.17) is 5.73 Å². The molecule has 2 nitrogen and oxygen atoms in total. The Kier molecular flexibility index (Phi) is 3.12. The number of anilines is 1. The zero-order valence-electron chi connectivity index (χ0n) is 9.56. The van der Waals surface area contributed by atoms with Crippen molar-refractivity contribution in [2.24, 2.45) is 0 Å². The van der Waals surface area contributed by atoms with Gasteiger partial charge in [-0.2, -0.15) is 0 Å². The van der Waals surface area contributed by atoms with E-state index in [0.717, 1.165) is 16.3 Å². The second-order valence-electron chi connectivity index (χ2n) is 3.85. The SMILES string of the molecule is Nc1c(Sc2ccc(F)cc2F)ccc2scnc12. The Morgan fingerprint density at radius 1 is 1.11 bits per heavy atom. The van der Waals surface area contributed by atoms with E-state index in [-0.39, 0.29) is 0 Å². The summed E-state index contributed by atoms with van der Waals surface area (Å²) in [5.41, 5.74) is 8.98. The average Bonchev–Trinajstić information content (AvgIpc) is 2.85. The minimum Gasteiger partial charge on any atom is -0.396 e. The fourth-order valence-corrected chi connectivity index (χ4v) is 3.26. The molecule has 0 atom stereocenters. The van der Waals surface area contributed by atoms with Crippen LogP contribution in [0.2, 0.25) is 0 Å². The van der Waals surface area contributed by atoms with Gasteiger partial charge in [0.25, 0.3) is 0 Å². The summed E-state index contributed by atoms with van der Waals surface area (Å²) in [4.78, 5) is 5.23. The third-order valence-electron chi connectivity index (χ3n) is 2.62. The molecule has 0 aliphatic heterocycles. The summed E-state index contributed by atoms with van der Waals surface area (Å²) in [5, 5.41) is 0. The Labute approximate surface area is 116 Å². The van der Waals surface area contributed by atoms with Crippen LogP contribution in [0.1, 0.15) is 0 Å². The van der Waals surface area contributed by atoms with Gasteiger partial charge in [0.05, 0.1) is 15.9 Å². The van der Waals surface area contributed by atoms with Crippen LogP contribution in [0.15, 0.2) is 45.6 Å². The largest absolute Gasteiger partial charge is 0.396 e. The predicted molar refractivity (Wildman–Crippen MR) is 74.5 cm³/mol. The smallest absolute Gasteiger partial charge is 0.140 e. The van der Waals surface area contributed by atoms with Gasteiger partial charge < -0.3 is 5.73 Å². The Morgan fingerprint density at radius 2 is 1.89 bits per heavy atom. The molecule has 6 heteroatoms. The van der Waals surface area contributed by atoms with Crippen molar-refractivity contribution >= 4 is 39.0 Å². The molecule has 3 rings (SSSR count). The van der Waals surface area contributed by atoms with Crippen molar-refractivity contribution in [3.05, 3.63) is 47.5 Å². The van der Waals surface area contributed by atoms with E-state index in [1.54, 1.807) is 5.51 Å². The monoisotopic (exact) mass is 294 g/mol. The first-order valence-corrected chi connectivity index (χ1v) is 7.09. The van der Waals surface area contributed by atoms with Crippen molar-refractivity contribution in [3.8, 4) is 0 Å². The molecule has 1 aromatic heterocycles. The number of nitrogen functional groups attached to an aromatic ring is 1. The van der Waals surface area contributed by atoms with Crippen molar-refractivity contribution in [1.82, 2.24) is 4.98 Å². The highest BCUT2D eigenvalue weighted by Crippen LogP contribution is 2.37. The summed E-state index contributed by atoms with van der Waals surface area (Å²) in [6, 6.07) is 7.21. The van der Waals surface area contributed by atoms with E-state index in [1.807, 2.05) is 12.1 Å². The molecular weight excluding hydrogens is 286 g/mol. The molecule has 96 valence electrons. The molecule has 19 heavy (non-hydrogen) atoms. The number of nitrogens with zero attached hydrogens (tertiary/aromatic N) is 1. The molecule has 0 radical (unpaired) electrons. The third-order valence-corrected chi connectivity index (χ3v) is 4.54. The summed E-state index contributed by atoms with van der Waals surface area (Å²) in [6.45, 7) is 0. The molecule has 0 amide bonds. The highest BCUT2D eigenvalue weighted by atomic mass is 32.2. The molecule has 0 fully saturated rings. The lowest BCUT2D eigenvalue weighted by Gasteiger charge is -2.06. The molecule has 2 aromatic carbocycles. The summed E-state index contributed by atoms with van der Waals surface area (Å²) < 4.78 is 27.4. The van der Waals surface area contributed by atoms with Gasteiger partial charge in [0.2, 0.25) is 0 Å². The van der Waals surface area contributed by atoms with E-state index >= 15 is 0 Å². The maximum Gasteiger partial charge on any atom is 0.140 e. The second kappa shape index (κ2) is 4.79. The first-order chi connectivity index (χ1) is 9.15. The molecule has 0 spiro atoms. The maximum atomic E-state index is 13.6. The van der Waals surface area contributed by atoms with E-state index in [0.29, 0.717) is 15.5 Å². The number of halogens is 2. The quantitative estimate of drug-likeness (QED) is 0.716. The van der Waals surface area contributed by atoms with E-state index < -0.39 is 11.6 Å². The van der Waals surface area contributed by atoms with Gasteiger partial charge in [-0.3, -0.25) is 0 Å². The van der Waals surface area contributed by atoms with E-state index in [9.17, 15) is 8.78 Å². The molecule has 0 aliphatic rings. The molecule has 0 saturated carbocycles. The Hall–Kier alpha value is -1.66. The molecule has 0 saturated heterocycles. The van der Waals surface area contributed by atoms with Gasteiger partial charge in [-0.05, 0) is 24.3 Å². The van der Waals surface area contributed by atoms with Gasteiger partial charge in [0.15, 0.2) is 0 Å². The normalized spacial score (nSPS) is 11.1. The number of fused-ring (bicyclic) bond motifs is 1. The zero-order chi connectivity index (χ0) is 13.4. The number of thiazole rings is 1. The number of hydrogen-bond acceptors (Lipinski definition) is 4. The molecule has 0 aliphatic carbocycles. The van der Waals surface area contributed by atoms with Crippen LogP contribution in [-0.2, 0) is 0 Å². The van der Waals surface area contributed by atoms with Crippen LogP contribution in [-0.4, -0.2) is 4.98 Å². The standard InChI is InChI=1S/C13H8F2N2S2/c14-7-1-2-9(8(15)5-7)19-10-3-4-11-13(12(10)16)17-6-18-11/h1-6H,16H2. The number of hydrogen-bond donors (Lipinski definition) is 1. The maximum absolute atomic E-state index is 13.6. The van der Waals surface area contributed by atoms with Gasteiger partial charge in [0.1, 0.15) is 17.2 Å². The Balaban J connectivity index is 2.03. The van der Waals surface area contributed by atoms with Crippen molar-refractivity contribution in [2.75, 3.05) is 5.73 Å². The zero-order valence-corrected chi connectivity index (χ0v) is 11.2. The van der Waals surface area contributed by atoms with Crippen LogP contribution < -0.4 is 5.73 Å². The van der Waals surface area contributed by atoms with Crippen molar-refractivity contribution in [1.29, 1.82) is 0 Å². The van der Waals surface area contributed by atoms with Crippen molar-refractivity contribution < 1.29 is 8.78 Å². The number of nitrogens with two attached hydrogens (primary N) is 1. The second-order valence-corrected chi connectivity index (χ2v) is 5.82. The summed E-state index contributed by atoms with van der Waals surface area (Å²) in [7, 11) is 0. The minimum atomic E-state index is -0.595. The van der Waals surface area contributed by atoms with Crippen LogP contribution in [0.3, 0.4) is 0 Å². The Bertz CT molecular complexity index is 755. The van der Waals surface area contributed by atoms with E-state index in [2.05, 4.69) is 4.98 Å². The summed E-state index contributed by atoms with van der Waals surface area (Å²) in [6.07, 6.45) is 0. The highest BCUT2D eigenvalue weighted by molar-refractivity contribution is 7.99. The van der Waals surface area contributed by atoms with Crippen molar-refractivity contribution in [3.63, 3.8) is 0 Å². The lowest BCUT2D eigenvalue weighted by Crippen LogP contribution is -1.91. The molecular formula is C13H8F2N2S2. The van der Waals surface area contributed by atoms with Gasteiger partial charge in [-0.15, -0.1) is 11.3 Å². The van der Waals surface area contributed by atoms with Crippen LogP contribution in [0, 0.1) is 11.6 Å². The van der Waals surface area contributed by atoms with Crippen molar-refractivity contribution in [2.45, 2.75) is 9.79 Å². The number of aromatic nitrogens is 1. The fraction of sp³-hybridized carbons (Fsp3) is 0. The van der Waals surface area contributed by atoms with Gasteiger partial charge in [0, 0.05) is 15.9 Å². The lowest BCUT2D eigenvalue weighted by molar-refractivity contribution is 0.566. The topological polar surface area (TPSA) is 38.9 Å². The highest BCUT2D eigenvalue weighted by Gasteiger charge is 2.11. The van der Waals surface area contributed by atoms with E-state index in [1.165, 1.54) is 35.2 Å². The van der Waals surface area contributed by atoms with Crippen LogP contribution in [0.25, 0.3) is 10.2 Å².